The summed E-state index contributed by atoms with van der Waals surface area (Å²) in [5, 5.41) is 13.4. The summed E-state index contributed by atoms with van der Waals surface area (Å²) in [7, 11) is 0. The Morgan fingerprint density at radius 2 is 1.88 bits per heavy atom. The van der Waals surface area contributed by atoms with Crippen LogP contribution < -0.4 is 0 Å². The molecule has 1 N–H and O–H groups in total. The van der Waals surface area contributed by atoms with Crippen molar-refractivity contribution in [1.82, 2.24) is 14.6 Å². The lowest BCUT2D eigenvalue weighted by Crippen LogP contribution is -2.07. The molecule has 2 heterocycles. The van der Waals surface area contributed by atoms with Gasteiger partial charge in [-0.3, -0.25) is 0 Å². The van der Waals surface area contributed by atoms with Crippen LogP contribution in [0.1, 0.15) is 28.5 Å². The van der Waals surface area contributed by atoms with E-state index < -0.39 is 17.6 Å². The predicted octanol–water partition coefficient (Wildman–Crippen LogP) is 3.71. The van der Waals surface area contributed by atoms with Gasteiger partial charge in [-0.2, -0.15) is 5.10 Å². The molecule has 2 aromatic heterocycles. The minimum atomic E-state index is -1.15. The van der Waals surface area contributed by atoms with Crippen LogP contribution in [-0.2, 0) is 0 Å². The third-order valence-electron chi connectivity index (χ3n) is 3.62. The van der Waals surface area contributed by atoms with Gasteiger partial charge in [0.2, 0.25) is 0 Å². The molecule has 0 unspecified atom stereocenters. The van der Waals surface area contributed by atoms with Gasteiger partial charge in [-0.15, -0.1) is 0 Å². The highest BCUT2D eigenvalue weighted by molar-refractivity contribution is 5.97. The fraction of sp³-hybridized carbons (Fsp3) is 0.118. The Hall–Kier alpha value is -3.09. The molecule has 24 heavy (non-hydrogen) atoms. The van der Waals surface area contributed by atoms with Crippen LogP contribution in [0.4, 0.5) is 8.78 Å². The van der Waals surface area contributed by atoms with Gasteiger partial charge in [0.15, 0.2) is 5.65 Å². The first kappa shape index (κ1) is 15.8. The highest BCUT2D eigenvalue weighted by Crippen LogP contribution is 2.30. The Bertz CT molecular complexity index is 988. The number of nitrogens with zero attached hydrogens (tertiary/aromatic N) is 3. The smallest absolute Gasteiger partial charge is 0.338 e. The summed E-state index contributed by atoms with van der Waals surface area (Å²) < 4.78 is 28.5. The number of aromatic carboxylic acids is 1. The van der Waals surface area contributed by atoms with Gasteiger partial charge in [0, 0.05) is 17.2 Å². The first-order valence-corrected chi connectivity index (χ1v) is 7.03. The molecule has 0 aliphatic rings. The van der Waals surface area contributed by atoms with E-state index in [9.17, 15) is 18.7 Å². The number of allylic oxidation sites excluding steroid dienone is 1. The van der Waals surface area contributed by atoms with Gasteiger partial charge in [0.1, 0.15) is 11.6 Å². The van der Waals surface area contributed by atoms with Crippen molar-refractivity contribution in [2.75, 3.05) is 0 Å². The maximum absolute atomic E-state index is 13.5. The second kappa shape index (κ2) is 5.52. The van der Waals surface area contributed by atoms with Gasteiger partial charge in [-0.1, -0.05) is 6.58 Å². The summed E-state index contributed by atoms with van der Waals surface area (Å²) in [6.45, 7) is 7.12. The van der Waals surface area contributed by atoms with E-state index in [0.717, 1.165) is 6.07 Å². The normalized spacial score (nSPS) is 11.0. The molecule has 0 bridgehead atoms. The summed E-state index contributed by atoms with van der Waals surface area (Å²) in [5.74, 6) is -2.59. The van der Waals surface area contributed by atoms with E-state index in [-0.39, 0.29) is 16.8 Å². The van der Waals surface area contributed by atoms with E-state index in [0.29, 0.717) is 22.5 Å². The Morgan fingerprint density at radius 3 is 2.42 bits per heavy atom. The molecule has 3 rings (SSSR count). The molecule has 0 amide bonds. The third-order valence-corrected chi connectivity index (χ3v) is 3.62. The first-order chi connectivity index (χ1) is 11.3. The van der Waals surface area contributed by atoms with Crippen molar-refractivity contribution in [3.8, 4) is 11.3 Å². The molecule has 7 heteroatoms. The number of carboxylic acid groups (broad SMARTS) is 1. The fourth-order valence-electron chi connectivity index (χ4n) is 2.70. The summed E-state index contributed by atoms with van der Waals surface area (Å²) >= 11 is 0. The number of hydrogen-bond donors (Lipinski definition) is 1. The van der Waals surface area contributed by atoms with Gasteiger partial charge in [0.25, 0.3) is 0 Å². The van der Waals surface area contributed by atoms with E-state index >= 15 is 0 Å². The lowest BCUT2D eigenvalue weighted by Gasteiger charge is -2.08. The number of fused-ring (bicyclic) bond motifs is 1. The average Bonchev–Trinajstić information content (AvgIpc) is 2.80. The summed E-state index contributed by atoms with van der Waals surface area (Å²) in [5.41, 5.74) is 2.21. The van der Waals surface area contributed by atoms with Crippen molar-refractivity contribution in [2.24, 2.45) is 0 Å². The minimum Gasteiger partial charge on any atom is -0.478 e. The summed E-state index contributed by atoms with van der Waals surface area (Å²) in [6.07, 6.45) is 1.18. The zero-order valence-electron chi connectivity index (χ0n) is 13.0. The number of halogens is 2. The molecule has 5 nitrogen and oxygen atoms in total. The molecule has 0 fully saturated rings. The second-order valence-electron chi connectivity index (χ2n) is 5.46. The fourth-order valence-corrected chi connectivity index (χ4v) is 2.70. The highest BCUT2D eigenvalue weighted by atomic mass is 19.1. The van der Waals surface area contributed by atoms with E-state index in [1.807, 2.05) is 0 Å². The van der Waals surface area contributed by atoms with Crippen molar-refractivity contribution >= 4 is 17.2 Å². The van der Waals surface area contributed by atoms with Gasteiger partial charge >= 0.3 is 5.97 Å². The number of carboxylic acids is 1. The summed E-state index contributed by atoms with van der Waals surface area (Å²) in [4.78, 5) is 15.7. The predicted molar refractivity (Wildman–Crippen MR) is 84.7 cm³/mol. The number of rotatable bonds is 3. The maximum Gasteiger partial charge on any atom is 0.338 e. The molecule has 122 valence electrons. The average molecular weight is 329 g/mol. The highest BCUT2D eigenvalue weighted by Gasteiger charge is 2.21. The second-order valence-corrected chi connectivity index (χ2v) is 5.46. The van der Waals surface area contributed by atoms with E-state index in [1.54, 1.807) is 13.8 Å². The standard InChI is InChI=1S/C17H13F2N3O2/c1-8(2)14-13(17(23)24)7-20-22-15(9(3)21-16(14)22)10-4-11(18)6-12(19)5-10/h4-7H,1H2,2-3H3,(H,23,24). The molecule has 0 aliphatic carbocycles. The van der Waals surface area contributed by atoms with Crippen LogP contribution in [0.5, 0.6) is 0 Å². The van der Waals surface area contributed by atoms with Crippen LogP contribution in [-0.4, -0.2) is 25.7 Å². The van der Waals surface area contributed by atoms with Gasteiger partial charge < -0.3 is 5.11 Å². The number of carbonyl (C=O) groups is 1. The van der Waals surface area contributed by atoms with Crippen molar-refractivity contribution < 1.29 is 18.7 Å². The van der Waals surface area contributed by atoms with Crippen LogP contribution in [0.15, 0.2) is 31.0 Å². The molecule has 0 atom stereocenters. The first-order valence-electron chi connectivity index (χ1n) is 7.03. The van der Waals surface area contributed by atoms with Crippen LogP contribution in [0.25, 0.3) is 22.5 Å². The molecule has 0 spiro atoms. The van der Waals surface area contributed by atoms with Crippen molar-refractivity contribution in [1.29, 1.82) is 0 Å². The Balaban J connectivity index is 2.40. The molecule has 0 radical (unpaired) electrons. The van der Waals surface area contributed by atoms with Crippen molar-refractivity contribution in [2.45, 2.75) is 13.8 Å². The third kappa shape index (κ3) is 2.44. The van der Waals surface area contributed by atoms with Gasteiger partial charge in [-0.05, 0) is 31.6 Å². The molecule has 1 aromatic carbocycles. The maximum atomic E-state index is 13.5. The molecule has 0 aliphatic heterocycles. The Morgan fingerprint density at radius 1 is 1.25 bits per heavy atom. The summed E-state index contributed by atoms with van der Waals surface area (Å²) in [6, 6.07) is 3.12. The van der Waals surface area contributed by atoms with Gasteiger partial charge in [0.05, 0.1) is 23.1 Å². The van der Waals surface area contributed by atoms with Crippen molar-refractivity contribution in [3.05, 3.63) is 59.4 Å². The quantitative estimate of drug-likeness (QED) is 0.795. The van der Waals surface area contributed by atoms with Crippen LogP contribution in [0.2, 0.25) is 0 Å². The molecule has 0 saturated heterocycles. The zero-order chi connectivity index (χ0) is 17.6. The van der Waals surface area contributed by atoms with Crippen molar-refractivity contribution in [3.63, 3.8) is 0 Å². The minimum absolute atomic E-state index is 0.0306. The molecule has 3 aromatic rings. The Kier molecular flexibility index (Phi) is 3.63. The SMILES string of the molecule is C=C(C)c1c(C(=O)O)cnn2c(-c3cc(F)cc(F)c3)c(C)nc12. The monoisotopic (exact) mass is 329 g/mol. The lowest BCUT2D eigenvalue weighted by atomic mass is 10.1. The van der Waals surface area contributed by atoms with E-state index in [4.69, 9.17) is 0 Å². The number of imidazole rings is 1. The van der Waals surface area contributed by atoms with Crippen LogP contribution >= 0.6 is 0 Å². The number of aromatic nitrogens is 3. The largest absolute Gasteiger partial charge is 0.478 e. The molecular formula is C17H13F2N3O2. The van der Waals surface area contributed by atoms with Crippen LogP contribution in [0, 0.1) is 18.6 Å². The molecular weight excluding hydrogens is 316 g/mol. The van der Waals surface area contributed by atoms with E-state index in [2.05, 4.69) is 16.7 Å². The lowest BCUT2D eigenvalue weighted by molar-refractivity contribution is 0.0696. The number of aryl methyl sites for hydroxylation is 1. The van der Waals surface area contributed by atoms with E-state index in [1.165, 1.54) is 22.8 Å². The van der Waals surface area contributed by atoms with Gasteiger partial charge in [-0.25, -0.2) is 23.1 Å². The number of hydrogen-bond acceptors (Lipinski definition) is 3. The zero-order valence-corrected chi connectivity index (χ0v) is 13.0. The molecule has 0 saturated carbocycles. The Labute approximate surface area is 135 Å². The number of benzene rings is 1. The topological polar surface area (TPSA) is 67.5 Å². The van der Waals surface area contributed by atoms with Crippen LogP contribution in [0.3, 0.4) is 0 Å².